The Labute approximate surface area is 113 Å². The van der Waals surface area contributed by atoms with Gasteiger partial charge in [-0.15, -0.1) is 11.3 Å². The predicted molar refractivity (Wildman–Crippen MR) is 73.4 cm³/mol. The zero-order chi connectivity index (χ0) is 12.3. The maximum Gasteiger partial charge on any atom is 0.124 e. The molecule has 1 N–H and O–H groups in total. The first kappa shape index (κ1) is 12.6. The highest BCUT2D eigenvalue weighted by atomic mass is 79.9. The number of aliphatic hydroxyl groups excluding tert-OH is 1. The van der Waals surface area contributed by atoms with Gasteiger partial charge >= 0.3 is 0 Å². The number of hydrogen-bond donors (Lipinski definition) is 1. The largest absolute Gasteiger partial charge is 0.488 e. The molecule has 0 aliphatic carbocycles. The number of rotatable bonds is 4. The second kappa shape index (κ2) is 5.67. The fourth-order valence-corrected chi connectivity index (χ4v) is 2.80. The second-order valence-electron chi connectivity index (χ2n) is 3.73. The molecule has 1 heterocycles. The summed E-state index contributed by atoms with van der Waals surface area (Å²) in [5.74, 6) is 0.815. The van der Waals surface area contributed by atoms with Crippen molar-refractivity contribution in [2.45, 2.75) is 19.6 Å². The van der Waals surface area contributed by atoms with Crippen molar-refractivity contribution in [3.8, 4) is 5.75 Å². The van der Waals surface area contributed by atoms with Crippen molar-refractivity contribution in [1.29, 1.82) is 0 Å². The lowest BCUT2D eigenvalue weighted by atomic mass is 10.1. The Morgan fingerprint density at radius 2 is 2.00 bits per heavy atom. The minimum absolute atomic E-state index is 0.435. The molecule has 0 aliphatic heterocycles. The lowest BCUT2D eigenvalue weighted by Gasteiger charge is -2.08. The van der Waals surface area contributed by atoms with Crippen LogP contribution in [0.2, 0.25) is 0 Å². The lowest BCUT2D eigenvalue weighted by molar-refractivity contribution is 0.199. The topological polar surface area (TPSA) is 29.5 Å². The van der Waals surface area contributed by atoms with E-state index in [2.05, 4.69) is 15.9 Å². The highest BCUT2D eigenvalue weighted by molar-refractivity contribution is 9.10. The normalized spacial score (nSPS) is 12.4. The molecule has 1 atom stereocenters. The summed E-state index contributed by atoms with van der Waals surface area (Å²) >= 11 is 5.13. The van der Waals surface area contributed by atoms with Gasteiger partial charge in [0.2, 0.25) is 0 Å². The quantitative estimate of drug-likeness (QED) is 0.919. The van der Waals surface area contributed by atoms with Crippen LogP contribution in [0.3, 0.4) is 0 Å². The Morgan fingerprint density at radius 3 is 2.53 bits per heavy atom. The molecule has 0 aliphatic rings. The maximum atomic E-state index is 9.39. The molecule has 2 nitrogen and oxygen atoms in total. The average Bonchev–Trinajstić information content (AvgIpc) is 2.73. The zero-order valence-electron chi connectivity index (χ0n) is 9.39. The minimum atomic E-state index is -0.435. The maximum absolute atomic E-state index is 9.39. The van der Waals surface area contributed by atoms with Crippen molar-refractivity contribution in [3.05, 3.63) is 50.6 Å². The molecule has 0 saturated carbocycles. The van der Waals surface area contributed by atoms with Gasteiger partial charge in [-0.3, -0.25) is 0 Å². The van der Waals surface area contributed by atoms with Crippen LogP contribution < -0.4 is 4.74 Å². The fourth-order valence-electron chi connectivity index (χ4n) is 1.42. The smallest absolute Gasteiger partial charge is 0.124 e. The highest BCUT2D eigenvalue weighted by Gasteiger charge is 2.03. The molecule has 0 amide bonds. The SMILES string of the molecule is CC(O)c1ccc(OCc2sccc2Br)cc1. The standard InChI is InChI=1S/C13H13BrO2S/c1-9(15)10-2-4-11(5-3-10)16-8-13-12(14)6-7-17-13/h2-7,9,15H,8H2,1H3. The summed E-state index contributed by atoms with van der Waals surface area (Å²) in [5.41, 5.74) is 0.898. The number of aliphatic hydroxyl groups is 1. The third kappa shape index (κ3) is 3.31. The molecule has 17 heavy (non-hydrogen) atoms. The van der Waals surface area contributed by atoms with Gasteiger partial charge < -0.3 is 9.84 Å². The molecule has 1 aromatic heterocycles. The summed E-state index contributed by atoms with van der Waals surface area (Å²) in [6.07, 6.45) is -0.435. The summed E-state index contributed by atoms with van der Waals surface area (Å²) in [7, 11) is 0. The lowest BCUT2D eigenvalue weighted by Crippen LogP contribution is -1.95. The first-order valence-corrected chi connectivity index (χ1v) is 6.97. The molecular weight excluding hydrogens is 300 g/mol. The van der Waals surface area contributed by atoms with Crippen molar-refractivity contribution < 1.29 is 9.84 Å². The Bertz CT molecular complexity index is 476. The Balaban J connectivity index is 1.98. The first-order valence-electron chi connectivity index (χ1n) is 5.29. The second-order valence-corrected chi connectivity index (χ2v) is 5.58. The number of halogens is 1. The van der Waals surface area contributed by atoms with Crippen LogP contribution in [0.15, 0.2) is 40.2 Å². The highest BCUT2D eigenvalue weighted by Crippen LogP contribution is 2.25. The van der Waals surface area contributed by atoms with Gasteiger partial charge in [-0.1, -0.05) is 12.1 Å². The monoisotopic (exact) mass is 312 g/mol. The molecule has 1 unspecified atom stereocenters. The van der Waals surface area contributed by atoms with E-state index in [1.807, 2.05) is 35.7 Å². The summed E-state index contributed by atoms with van der Waals surface area (Å²) in [6, 6.07) is 9.53. The van der Waals surface area contributed by atoms with Crippen LogP contribution in [-0.2, 0) is 6.61 Å². The fraction of sp³-hybridized carbons (Fsp3) is 0.231. The van der Waals surface area contributed by atoms with E-state index in [0.29, 0.717) is 6.61 Å². The number of ether oxygens (including phenoxy) is 1. The molecule has 4 heteroatoms. The van der Waals surface area contributed by atoms with Gasteiger partial charge in [0.15, 0.2) is 0 Å². The van der Waals surface area contributed by atoms with Crippen LogP contribution in [0.5, 0.6) is 5.75 Å². The summed E-state index contributed by atoms with van der Waals surface area (Å²) in [5, 5.41) is 11.4. The molecule has 0 saturated heterocycles. The van der Waals surface area contributed by atoms with Crippen molar-refractivity contribution in [2.24, 2.45) is 0 Å². The minimum Gasteiger partial charge on any atom is -0.488 e. The first-order chi connectivity index (χ1) is 8.16. The van der Waals surface area contributed by atoms with E-state index in [1.54, 1.807) is 18.3 Å². The van der Waals surface area contributed by atoms with Gasteiger partial charge in [0.25, 0.3) is 0 Å². The van der Waals surface area contributed by atoms with Gasteiger partial charge in [-0.05, 0) is 52.0 Å². The number of thiophene rings is 1. The van der Waals surface area contributed by atoms with Crippen LogP contribution in [-0.4, -0.2) is 5.11 Å². The third-order valence-electron chi connectivity index (χ3n) is 2.42. The molecular formula is C13H13BrO2S. The van der Waals surface area contributed by atoms with Gasteiger partial charge in [-0.25, -0.2) is 0 Å². The molecule has 0 fully saturated rings. The van der Waals surface area contributed by atoms with E-state index in [4.69, 9.17) is 4.74 Å². The molecule has 0 radical (unpaired) electrons. The van der Waals surface area contributed by atoms with Gasteiger partial charge in [0.05, 0.1) is 11.0 Å². The number of benzene rings is 1. The van der Waals surface area contributed by atoms with Crippen molar-refractivity contribution in [3.63, 3.8) is 0 Å². The van der Waals surface area contributed by atoms with E-state index in [-0.39, 0.29) is 0 Å². The zero-order valence-corrected chi connectivity index (χ0v) is 11.8. The predicted octanol–water partition coefficient (Wildman–Crippen LogP) is 4.14. The summed E-state index contributed by atoms with van der Waals surface area (Å²) in [6.45, 7) is 2.31. The van der Waals surface area contributed by atoms with Crippen molar-refractivity contribution in [2.75, 3.05) is 0 Å². The van der Waals surface area contributed by atoms with Gasteiger partial charge in [0, 0.05) is 4.47 Å². The van der Waals surface area contributed by atoms with E-state index < -0.39 is 6.10 Å². The van der Waals surface area contributed by atoms with Crippen LogP contribution in [0.4, 0.5) is 0 Å². The Morgan fingerprint density at radius 1 is 1.29 bits per heavy atom. The van der Waals surface area contributed by atoms with Crippen molar-refractivity contribution in [1.82, 2.24) is 0 Å². The molecule has 90 valence electrons. The molecule has 2 rings (SSSR count). The van der Waals surface area contributed by atoms with Crippen LogP contribution in [0.25, 0.3) is 0 Å². The van der Waals surface area contributed by atoms with E-state index in [1.165, 1.54) is 4.88 Å². The Kier molecular flexibility index (Phi) is 4.20. The van der Waals surface area contributed by atoms with E-state index in [0.717, 1.165) is 15.8 Å². The third-order valence-corrected chi connectivity index (χ3v) is 4.32. The van der Waals surface area contributed by atoms with E-state index >= 15 is 0 Å². The molecule has 2 aromatic rings. The van der Waals surface area contributed by atoms with Gasteiger partial charge in [-0.2, -0.15) is 0 Å². The number of hydrogen-bond acceptors (Lipinski definition) is 3. The van der Waals surface area contributed by atoms with Crippen LogP contribution >= 0.6 is 27.3 Å². The molecule has 1 aromatic carbocycles. The molecule has 0 bridgehead atoms. The molecule has 0 spiro atoms. The van der Waals surface area contributed by atoms with E-state index in [9.17, 15) is 5.11 Å². The Hall–Kier alpha value is -0.840. The van der Waals surface area contributed by atoms with Gasteiger partial charge in [0.1, 0.15) is 12.4 Å². The summed E-state index contributed by atoms with van der Waals surface area (Å²) < 4.78 is 6.75. The van der Waals surface area contributed by atoms with Crippen LogP contribution in [0.1, 0.15) is 23.5 Å². The average molecular weight is 313 g/mol. The summed E-state index contributed by atoms with van der Waals surface area (Å²) in [4.78, 5) is 1.17. The van der Waals surface area contributed by atoms with Crippen molar-refractivity contribution >= 4 is 27.3 Å². The van der Waals surface area contributed by atoms with Crippen LogP contribution in [0, 0.1) is 0 Å².